The first-order valence-electron chi connectivity index (χ1n) is 7.25. The summed E-state index contributed by atoms with van der Waals surface area (Å²) in [6.07, 6.45) is 2.53. The van der Waals surface area contributed by atoms with Gasteiger partial charge in [-0.3, -0.25) is 0 Å². The van der Waals surface area contributed by atoms with E-state index in [-0.39, 0.29) is 18.0 Å². The average Bonchev–Trinajstić information content (AvgIpc) is 2.52. The number of rotatable bonds is 2. The predicted molar refractivity (Wildman–Crippen MR) is 83.5 cm³/mol. The van der Waals surface area contributed by atoms with Crippen LogP contribution >= 0.6 is 0 Å². The Bertz CT molecular complexity index is 644. The minimum absolute atomic E-state index is 0.147. The molecule has 1 fully saturated rings. The van der Waals surface area contributed by atoms with E-state index in [1.807, 2.05) is 66.7 Å². The zero-order valence-electron chi connectivity index (χ0n) is 12.0. The Hall–Kier alpha value is -2.35. The highest BCUT2D eigenvalue weighted by Gasteiger charge is 2.32. The fraction of sp³-hybridized carbons (Fsp3) is 0.211. The second-order valence-electron chi connectivity index (χ2n) is 5.50. The topological polar surface area (TPSA) is 26.3 Å². The van der Waals surface area contributed by atoms with Crippen LogP contribution in [0.3, 0.4) is 0 Å². The number of esters is 1. The lowest BCUT2D eigenvalue weighted by Gasteiger charge is -2.30. The van der Waals surface area contributed by atoms with E-state index in [2.05, 4.69) is 6.92 Å². The first kappa shape index (κ1) is 13.6. The highest BCUT2D eigenvalue weighted by molar-refractivity contribution is 5.94. The van der Waals surface area contributed by atoms with Gasteiger partial charge >= 0.3 is 5.97 Å². The highest BCUT2D eigenvalue weighted by Crippen LogP contribution is 2.36. The van der Waals surface area contributed by atoms with Gasteiger partial charge in [-0.1, -0.05) is 67.6 Å². The normalized spacial score (nSPS) is 23.9. The zero-order valence-corrected chi connectivity index (χ0v) is 12.0. The summed E-state index contributed by atoms with van der Waals surface area (Å²) in [4.78, 5) is 12.2. The van der Waals surface area contributed by atoms with Gasteiger partial charge < -0.3 is 4.74 Å². The maximum absolute atomic E-state index is 12.2. The van der Waals surface area contributed by atoms with E-state index in [0.29, 0.717) is 0 Å². The summed E-state index contributed by atoms with van der Waals surface area (Å²) in [7, 11) is 0. The van der Waals surface area contributed by atoms with Crippen LogP contribution in [0.2, 0.25) is 0 Å². The van der Waals surface area contributed by atoms with Crippen LogP contribution in [-0.4, -0.2) is 5.97 Å². The van der Waals surface area contributed by atoms with Crippen molar-refractivity contribution in [3.05, 3.63) is 77.4 Å². The third-order valence-electron chi connectivity index (χ3n) is 3.82. The Balaban J connectivity index is 1.82. The third-order valence-corrected chi connectivity index (χ3v) is 3.82. The van der Waals surface area contributed by atoms with Gasteiger partial charge in [-0.15, -0.1) is 0 Å². The number of carbonyl (C=O) groups is 1. The monoisotopic (exact) mass is 278 g/mol. The number of benzene rings is 2. The Morgan fingerprint density at radius 3 is 2.29 bits per heavy atom. The summed E-state index contributed by atoms with van der Waals surface area (Å²) in [5.41, 5.74) is 2.85. The van der Waals surface area contributed by atoms with Crippen molar-refractivity contribution in [3.8, 4) is 0 Å². The minimum atomic E-state index is -0.203. The van der Waals surface area contributed by atoms with E-state index < -0.39 is 0 Å². The van der Waals surface area contributed by atoms with Crippen molar-refractivity contribution < 1.29 is 9.53 Å². The molecule has 0 spiro atoms. The fourth-order valence-electron chi connectivity index (χ4n) is 2.75. The van der Waals surface area contributed by atoms with E-state index in [9.17, 15) is 4.79 Å². The zero-order chi connectivity index (χ0) is 14.7. The molecule has 2 aromatic rings. The number of ether oxygens (including phenoxy) is 1. The van der Waals surface area contributed by atoms with Gasteiger partial charge in [0.05, 0.1) is 0 Å². The minimum Gasteiger partial charge on any atom is -0.454 e. The fourth-order valence-corrected chi connectivity index (χ4v) is 2.75. The summed E-state index contributed by atoms with van der Waals surface area (Å²) < 4.78 is 5.66. The van der Waals surface area contributed by atoms with E-state index in [0.717, 1.165) is 23.1 Å². The van der Waals surface area contributed by atoms with Gasteiger partial charge in [0.1, 0.15) is 6.10 Å². The quantitative estimate of drug-likeness (QED) is 0.601. The molecule has 0 aliphatic carbocycles. The molecule has 21 heavy (non-hydrogen) atoms. The molecule has 2 aromatic carbocycles. The van der Waals surface area contributed by atoms with Gasteiger partial charge in [0.15, 0.2) is 0 Å². The van der Waals surface area contributed by atoms with Crippen molar-refractivity contribution in [1.82, 2.24) is 0 Å². The smallest absolute Gasteiger partial charge is 0.334 e. The summed E-state index contributed by atoms with van der Waals surface area (Å²) in [6, 6.07) is 19.8. The molecule has 0 bridgehead atoms. The Labute approximate surface area is 125 Å². The lowest BCUT2D eigenvalue weighted by Crippen LogP contribution is -2.26. The molecule has 0 radical (unpaired) electrons. The lowest BCUT2D eigenvalue weighted by atomic mass is 9.88. The van der Waals surface area contributed by atoms with Crippen LogP contribution in [0.5, 0.6) is 0 Å². The van der Waals surface area contributed by atoms with Crippen molar-refractivity contribution in [3.63, 3.8) is 0 Å². The van der Waals surface area contributed by atoms with E-state index in [4.69, 9.17) is 4.74 Å². The third kappa shape index (κ3) is 3.05. The van der Waals surface area contributed by atoms with Gasteiger partial charge in [-0.25, -0.2) is 4.79 Å². The Morgan fingerprint density at radius 1 is 1.00 bits per heavy atom. The molecule has 0 amide bonds. The maximum atomic E-state index is 12.2. The molecule has 2 heteroatoms. The van der Waals surface area contributed by atoms with Crippen LogP contribution < -0.4 is 0 Å². The molecule has 0 saturated carbocycles. The lowest BCUT2D eigenvalue weighted by molar-refractivity contribution is -0.151. The van der Waals surface area contributed by atoms with Gasteiger partial charge in [0.2, 0.25) is 0 Å². The van der Waals surface area contributed by atoms with Crippen molar-refractivity contribution in [2.45, 2.75) is 19.4 Å². The van der Waals surface area contributed by atoms with Crippen LogP contribution in [0, 0.1) is 5.92 Å². The van der Waals surface area contributed by atoms with Crippen LogP contribution in [0.4, 0.5) is 0 Å². The molecule has 1 aliphatic heterocycles. The molecule has 2 atom stereocenters. The van der Waals surface area contributed by atoms with Gasteiger partial charge in [0, 0.05) is 11.5 Å². The number of hydrogen-bond acceptors (Lipinski definition) is 2. The molecule has 3 rings (SSSR count). The summed E-state index contributed by atoms with van der Waals surface area (Å²) in [5, 5.41) is 0. The SMILES string of the molecule is C[C@@H]1C/C(=C\c2ccccc2)C(=O)O[C@H]1c1ccccc1. The van der Waals surface area contributed by atoms with E-state index in [1.165, 1.54) is 0 Å². The van der Waals surface area contributed by atoms with E-state index >= 15 is 0 Å². The largest absolute Gasteiger partial charge is 0.454 e. The van der Waals surface area contributed by atoms with Crippen molar-refractivity contribution in [2.75, 3.05) is 0 Å². The molecular weight excluding hydrogens is 260 g/mol. The summed E-state index contributed by atoms with van der Waals surface area (Å²) >= 11 is 0. The second kappa shape index (κ2) is 5.96. The molecule has 0 N–H and O–H groups in total. The van der Waals surface area contributed by atoms with Crippen LogP contribution in [0.15, 0.2) is 66.2 Å². The first-order valence-corrected chi connectivity index (χ1v) is 7.25. The number of cyclic esters (lactones) is 1. The predicted octanol–water partition coefficient (Wildman–Crippen LogP) is 4.39. The summed E-state index contributed by atoms with van der Waals surface area (Å²) in [6.45, 7) is 2.13. The molecule has 1 heterocycles. The van der Waals surface area contributed by atoms with Crippen molar-refractivity contribution in [2.24, 2.45) is 5.92 Å². The highest BCUT2D eigenvalue weighted by atomic mass is 16.5. The van der Waals surface area contributed by atoms with Crippen LogP contribution in [0.25, 0.3) is 6.08 Å². The van der Waals surface area contributed by atoms with Crippen molar-refractivity contribution >= 4 is 12.0 Å². The molecular formula is C19H18O2. The summed E-state index contributed by atoms with van der Waals surface area (Å²) in [5.74, 6) is 0.0749. The van der Waals surface area contributed by atoms with Crippen LogP contribution in [0.1, 0.15) is 30.6 Å². The van der Waals surface area contributed by atoms with Gasteiger partial charge in [-0.05, 0) is 23.6 Å². The van der Waals surface area contributed by atoms with Crippen molar-refractivity contribution in [1.29, 1.82) is 0 Å². The molecule has 1 saturated heterocycles. The standard InChI is InChI=1S/C19H18O2/c1-14-12-17(13-15-8-4-2-5-9-15)19(20)21-18(14)16-10-6-3-7-11-16/h2-11,13-14,18H,12H2,1H3/b17-13+/t14-,18-/m1/s1. The van der Waals surface area contributed by atoms with Crippen LogP contribution in [-0.2, 0) is 9.53 Å². The molecule has 2 nitrogen and oxygen atoms in total. The van der Waals surface area contributed by atoms with Gasteiger partial charge in [-0.2, -0.15) is 0 Å². The molecule has 106 valence electrons. The first-order chi connectivity index (χ1) is 10.2. The molecule has 1 aliphatic rings. The maximum Gasteiger partial charge on any atom is 0.334 e. The van der Waals surface area contributed by atoms with Gasteiger partial charge in [0.25, 0.3) is 0 Å². The number of carbonyl (C=O) groups excluding carboxylic acids is 1. The second-order valence-corrected chi connectivity index (χ2v) is 5.50. The van der Waals surface area contributed by atoms with E-state index in [1.54, 1.807) is 0 Å². The molecule has 0 unspecified atom stereocenters. The molecule has 0 aromatic heterocycles. The Morgan fingerprint density at radius 2 is 1.62 bits per heavy atom. The number of hydrogen-bond donors (Lipinski definition) is 0. The Kier molecular flexibility index (Phi) is 3.87. The average molecular weight is 278 g/mol.